The Labute approximate surface area is 87.6 Å². The number of rotatable bonds is 5. The molecule has 0 atom stereocenters. The fraction of sp³-hybridized carbons (Fsp3) is 0.333. The molecule has 76 valence electrons. The molecule has 0 radical (unpaired) electrons. The second-order valence-corrected chi connectivity index (χ2v) is 3.59. The van der Waals surface area contributed by atoms with Crippen LogP contribution in [0, 0.1) is 0 Å². The van der Waals surface area contributed by atoms with E-state index in [1.165, 1.54) is 0 Å². The highest BCUT2D eigenvalue weighted by molar-refractivity contribution is 7.09. The Balaban J connectivity index is 2.22. The largest absolute Gasteiger partial charge is 0.370 e. The molecule has 0 amide bonds. The fourth-order valence-electron chi connectivity index (χ4n) is 0.881. The number of thiazole rings is 1. The van der Waals surface area contributed by atoms with Crippen LogP contribution in [0.4, 0.5) is 0 Å². The molecule has 3 N–H and O–H groups in total. The van der Waals surface area contributed by atoms with E-state index in [1.54, 1.807) is 23.6 Å². The van der Waals surface area contributed by atoms with E-state index in [4.69, 9.17) is 5.73 Å². The molecule has 5 heteroatoms. The van der Waals surface area contributed by atoms with Gasteiger partial charge in [0.15, 0.2) is 5.96 Å². The Kier molecular flexibility index (Phi) is 4.71. The Bertz CT molecular complexity index is 292. The third-order valence-electron chi connectivity index (χ3n) is 1.52. The normalized spacial score (nSPS) is 11.3. The summed E-state index contributed by atoms with van der Waals surface area (Å²) >= 11 is 1.63. The van der Waals surface area contributed by atoms with Gasteiger partial charge >= 0.3 is 0 Å². The number of nitrogens with two attached hydrogens (primary N) is 1. The average Bonchev–Trinajstić information content (AvgIpc) is 2.67. The molecule has 0 aliphatic rings. The third kappa shape index (κ3) is 4.04. The number of guanidine groups is 1. The second-order valence-electron chi connectivity index (χ2n) is 2.61. The molecule has 1 rings (SSSR count). The number of nitrogens with zero attached hydrogens (tertiary/aromatic N) is 2. The van der Waals surface area contributed by atoms with Gasteiger partial charge in [-0.3, -0.25) is 4.99 Å². The average molecular weight is 210 g/mol. The van der Waals surface area contributed by atoms with Crippen LogP contribution in [0.15, 0.2) is 29.2 Å². The van der Waals surface area contributed by atoms with Gasteiger partial charge in [-0.15, -0.1) is 17.9 Å². The van der Waals surface area contributed by atoms with Gasteiger partial charge in [0.1, 0.15) is 0 Å². The zero-order chi connectivity index (χ0) is 10.2. The molecule has 14 heavy (non-hydrogen) atoms. The minimum absolute atomic E-state index is 0.460. The molecular formula is C9H14N4S. The summed E-state index contributed by atoms with van der Waals surface area (Å²) in [6.45, 7) is 4.89. The first-order valence-electron chi connectivity index (χ1n) is 4.36. The smallest absolute Gasteiger partial charge is 0.188 e. The van der Waals surface area contributed by atoms with Gasteiger partial charge in [-0.1, -0.05) is 6.08 Å². The van der Waals surface area contributed by atoms with Gasteiger partial charge in [-0.2, -0.15) is 0 Å². The third-order valence-corrected chi connectivity index (χ3v) is 2.36. The lowest BCUT2D eigenvalue weighted by atomic mass is 10.4. The standard InChI is InChI=1S/C9H14N4S/c1-2-4-12-9(10)13-5-3-8-11-6-7-14-8/h2,6-7H,1,3-5H2,(H3,10,12,13). The Morgan fingerprint density at radius 1 is 1.79 bits per heavy atom. The van der Waals surface area contributed by atoms with Crippen LogP contribution in [0.2, 0.25) is 0 Å². The van der Waals surface area contributed by atoms with E-state index in [9.17, 15) is 0 Å². The van der Waals surface area contributed by atoms with Gasteiger partial charge in [0.05, 0.1) is 5.01 Å². The van der Waals surface area contributed by atoms with Crippen molar-refractivity contribution in [2.24, 2.45) is 10.7 Å². The molecule has 4 nitrogen and oxygen atoms in total. The second kappa shape index (κ2) is 6.15. The molecule has 0 bridgehead atoms. The van der Waals surface area contributed by atoms with E-state index in [2.05, 4.69) is 21.9 Å². The zero-order valence-electron chi connectivity index (χ0n) is 7.94. The molecule has 1 aromatic rings. The maximum absolute atomic E-state index is 5.57. The number of hydrogen-bond acceptors (Lipinski definition) is 3. The molecular weight excluding hydrogens is 196 g/mol. The minimum Gasteiger partial charge on any atom is -0.370 e. The van der Waals surface area contributed by atoms with Crippen LogP contribution in [0.25, 0.3) is 0 Å². The van der Waals surface area contributed by atoms with Crippen LogP contribution in [0.3, 0.4) is 0 Å². The van der Waals surface area contributed by atoms with E-state index in [-0.39, 0.29) is 0 Å². The van der Waals surface area contributed by atoms with Crippen LogP contribution in [-0.4, -0.2) is 24.0 Å². The first-order valence-corrected chi connectivity index (χ1v) is 5.24. The summed E-state index contributed by atoms with van der Waals surface area (Å²) in [4.78, 5) is 8.29. The van der Waals surface area contributed by atoms with E-state index in [1.807, 2.05) is 5.38 Å². The lowest BCUT2D eigenvalue weighted by Crippen LogP contribution is -2.31. The molecule has 0 aliphatic carbocycles. The van der Waals surface area contributed by atoms with Crippen molar-refractivity contribution in [3.05, 3.63) is 29.2 Å². The highest BCUT2D eigenvalue weighted by Crippen LogP contribution is 2.03. The maximum Gasteiger partial charge on any atom is 0.188 e. The predicted octanol–water partition coefficient (Wildman–Crippen LogP) is 0.776. The summed E-state index contributed by atoms with van der Waals surface area (Å²) in [6.07, 6.45) is 4.38. The molecule has 1 heterocycles. The van der Waals surface area contributed by atoms with Crippen LogP contribution in [0.5, 0.6) is 0 Å². The minimum atomic E-state index is 0.460. The molecule has 0 saturated carbocycles. The van der Waals surface area contributed by atoms with Gasteiger partial charge in [0.25, 0.3) is 0 Å². The van der Waals surface area contributed by atoms with E-state index in [0.29, 0.717) is 19.0 Å². The van der Waals surface area contributed by atoms with Gasteiger partial charge in [0, 0.05) is 31.1 Å². The molecule has 1 aromatic heterocycles. The van der Waals surface area contributed by atoms with Crippen LogP contribution >= 0.6 is 11.3 Å². The first kappa shape index (κ1) is 10.7. The van der Waals surface area contributed by atoms with Crippen molar-refractivity contribution in [3.63, 3.8) is 0 Å². The lowest BCUT2D eigenvalue weighted by molar-refractivity contribution is 0.921. The monoisotopic (exact) mass is 210 g/mol. The maximum atomic E-state index is 5.57. The highest BCUT2D eigenvalue weighted by Gasteiger charge is 1.94. The topological polar surface area (TPSA) is 63.3 Å². The van der Waals surface area contributed by atoms with E-state index >= 15 is 0 Å². The van der Waals surface area contributed by atoms with Crippen LogP contribution in [-0.2, 0) is 6.42 Å². The quantitative estimate of drug-likeness (QED) is 0.429. The van der Waals surface area contributed by atoms with Crippen LogP contribution < -0.4 is 11.1 Å². The van der Waals surface area contributed by atoms with Crippen molar-refractivity contribution in [3.8, 4) is 0 Å². The fourth-order valence-corrected chi connectivity index (χ4v) is 1.49. The zero-order valence-corrected chi connectivity index (χ0v) is 8.76. The summed E-state index contributed by atoms with van der Waals surface area (Å²) in [5, 5.41) is 5.95. The van der Waals surface area contributed by atoms with Crippen molar-refractivity contribution in [2.75, 3.05) is 13.1 Å². The van der Waals surface area contributed by atoms with Crippen molar-refractivity contribution in [2.45, 2.75) is 6.42 Å². The molecule has 0 saturated heterocycles. The molecule has 0 unspecified atom stereocenters. The first-order chi connectivity index (χ1) is 6.83. The highest BCUT2D eigenvalue weighted by atomic mass is 32.1. The van der Waals surface area contributed by atoms with Crippen molar-refractivity contribution in [1.82, 2.24) is 10.3 Å². The Morgan fingerprint density at radius 2 is 2.64 bits per heavy atom. The summed E-state index contributed by atoms with van der Waals surface area (Å²) in [5.41, 5.74) is 5.57. The molecule has 0 fully saturated rings. The molecule has 0 aromatic carbocycles. The summed E-state index contributed by atoms with van der Waals surface area (Å²) in [6, 6.07) is 0. The summed E-state index contributed by atoms with van der Waals surface area (Å²) < 4.78 is 0. The van der Waals surface area contributed by atoms with E-state index in [0.717, 1.165) is 11.4 Å². The van der Waals surface area contributed by atoms with Gasteiger partial charge in [-0.25, -0.2) is 4.98 Å². The Morgan fingerprint density at radius 3 is 3.29 bits per heavy atom. The number of nitrogens with one attached hydrogen (secondary N) is 1. The van der Waals surface area contributed by atoms with E-state index < -0.39 is 0 Å². The predicted molar refractivity (Wildman–Crippen MR) is 60.5 cm³/mol. The van der Waals surface area contributed by atoms with Crippen LogP contribution in [0.1, 0.15) is 5.01 Å². The van der Waals surface area contributed by atoms with Gasteiger partial charge in [-0.05, 0) is 0 Å². The van der Waals surface area contributed by atoms with Gasteiger partial charge in [0.2, 0.25) is 0 Å². The van der Waals surface area contributed by atoms with Crippen molar-refractivity contribution in [1.29, 1.82) is 0 Å². The SMILES string of the molecule is C=CCNC(N)=NCCc1nccs1. The van der Waals surface area contributed by atoms with Crippen molar-refractivity contribution < 1.29 is 0 Å². The number of aliphatic imine (C=N–C) groups is 1. The summed E-state index contributed by atoms with van der Waals surface area (Å²) in [5.74, 6) is 0.460. The summed E-state index contributed by atoms with van der Waals surface area (Å²) in [7, 11) is 0. The molecule has 0 spiro atoms. The Hall–Kier alpha value is -1.36. The molecule has 0 aliphatic heterocycles. The lowest BCUT2D eigenvalue weighted by Gasteiger charge is -2.00. The van der Waals surface area contributed by atoms with Crippen molar-refractivity contribution >= 4 is 17.3 Å². The van der Waals surface area contributed by atoms with Gasteiger partial charge < -0.3 is 11.1 Å². The number of aromatic nitrogens is 1. The number of hydrogen-bond donors (Lipinski definition) is 2.